The molecular weight excluding hydrogens is 370 g/mol. The molecular formula is C23H27NO5. The lowest BCUT2D eigenvalue weighted by molar-refractivity contribution is -0.123. The van der Waals surface area contributed by atoms with Crippen LogP contribution in [0.1, 0.15) is 31.2 Å². The van der Waals surface area contributed by atoms with Crippen LogP contribution in [0, 0.1) is 0 Å². The van der Waals surface area contributed by atoms with Gasteiger partial charge in [0.05, 0.1) is 7.11 Å². The van der Waals surface area contributed by atoms with E-state index in [4.69, 9.17) is 18.9 Å². The van der Waals surface area contributed by atoms with Gasteiger partial charge in [-0.1, -0.05) is 31.0 Å². The van der Waals surface area contributed by atoms with E-state index in [1.165, 1.54) is 5.56 Å². The average Bonchev–Trinajstić information content (AvgIpc) is 3.26. The molecule has 1 fully saturated rings. The highest BCUT2D eigenvalue weighted by Crippen LogP contribution is 2.43. The number of nitrogens with one attached hydrogen (secondary N) is 1. The molecule has 0 unspecified atom stereocenters. The van der Waals surface area contributed by atoms with E-state index < -0.39 is 0 Å². The first-order valence-corrected chi connectivity index (χ1v) is 10.1. The third-order valence-corrected chi connectivity index (χ3v) is 5.77. The largest absolute Gasteiger partial charge is 0.493 e. The highest BCUT2D eigenvalue weighted by atomic mass is 16.6. The minimum absolute atomic E-state index is 0.0441. The topological polar surface area (TPSA) is 66.0 Å². The number of hydrogen-bond acceptors (Lipinski definition) is 5. The average molecular weight is 397 g/mol. The van der Waals surface area contributed by atoms with Gasteiger partial charge >= 0.3 is 0 Å². The molecule has 0 radical (unpaired) electrons. The van der Waals surface area contributed by atoms with E-state index in [0.717, 1.165) is 37.2 Å². The van der Waals surface area contributed by atoms with Crippen molar-refractivity contribution in [3.63, 3.8) is 0 Å². The minimum atomic E-state index is -0.139. The minimum Gasteiger partial charge on any atom is -0.493 e. The van der Waals surface area contributed by atoms with Crippen LogP contribution in [0.3, 0.4) is 0 Å². The molecule has 4 rings (SSSR count). The van der Waals surface area contributed by atoms with Gasteiger partial charge in [0.2, 0.25) is 0 Å². The Labute approximate surface area is 171 Å². The van der Waals surface area contributed by atoms with Crippen LogP contribution >= 0.6 is 0 Å². The van der Waals surface area contributed by atoms with Crippen LogP contribution < -0.4 is 24.3 Å². The highest BCUT2D eigenvalue weighted by molar-refractivity contribution is 5.77. The second-order valence-corrected chi connectivity index (χ2v) is 7.56. The van der Waals surface area contributed by atoms with E-state index >= 15 is 0 Å². The van der Waals surface area contributed by atoms with Crippen molar-refractivity contribution >= 4 is 5.91 Å². The quantitative estimate of drug-likeness (QED) is 0.775. The Bertz CT molecular complexity index is 860. The van der Waals surface area contributed by atoms with Crippen LogP contribution in [0.5, 0.6) is 23.0 Å². The molecule has 2 aromatic rings. The van der Waals surface area contributed by atoms with Crippen molar-refractivity contribution in [3.05, 3.63) is 48.0 Å². The maximum Gasteiger partial charge on any atom is 0.257 e. The molecule has 2 aliphatic rings. The van der Waals surface area contributed by atoms with Crippen molar-refractivity contribution in [2.24, 2.45) is 0 Å². The zero-order valence-corrected chi connectivity index (χ0v) is 16.7. The lowest BCUT2D eigenvalue weighted by Gasteiger charge is -2.31. The van der Waals surface area contributed by atoms with E-state index in [9.17, 15) is 4.79 Å². The van der Waals surface area contributed by atoms with E-state index in [2.05, 4.69) is 17.4 Å². The van der Waals surface area contributed by atoms with Crippen molar-refractivity contribution in [1.29, 1.82) is 0 Å². The fourth-order valence-corrected chi connectivity index (χ4v) is 4.19. The summed E-state index contributed by atoms with van der Waals surface area (Å²) in [5.41, 5.74) is 1.13. The second kappa shape index (κ2) is 8.64. The van der Waals surface area contributed by atoms with Gasteiger partial charge in [0, 0.05) is 12.0 Å². The van der Waals surface area contributed by atoms with Gasteiger partial charge < -0.3 is 24.3 Å². The van der Waals surface area contributed by atoms with E-state index in [0.29, 0.717) is 31.3 Å². The van der Waals surface area contributed by atoms with Crippen molar-refractivity contribution in [1.82, 2.24) is 5.32 Å². The first-order valence-electron chi connectivity index (χ1n) is 10.1. The van der Waals surface area contributed by atoms with E-state index in [-0.39, 0.29) is 17.9 Å². The normalized spacial score (nSPS) is 16.9. The summed E-state index contributed by atoms with van der Waals surface area (Å²) in [7, 11) is 1.58. The first-order chi connectivity index (χ1) is 14.2. The molecule has 0 saturated heterocycles. The molecule has 1 saturated carbocycles. The fourth-order valence-electron chi connectivity index (χ4n) is 4.19. The summed E-state index contributed by atoms with van der Waals surface area (Å²) in [5.74, 6) is 2.63. The molecule has 0 bridgehead atoms. The molecule has 1 amide bonds. The first kappa shape index (κ1) is 19.4. The van der Waals surface area contributed by atoms with Crippen LogP contribution in [0.4, 0.5) is 0 Å². The number of amides is 1. The standard InChI is InChI=1S/C23H27NO5/c1-26-18-6-2-3-7-19(18)29-15-22(25)24-16-23(10-4-5-11-23)17-8-9-20-21(14-17)28-13-12-27-20/h2-3,6-9,14H,4-5,10-13,15-16H2,1H3,(H,24,25). The monoisotopic (exact) mass is 397 g/mol. The molecule has 1 aliphatic carbocycles. The zero-order valence-electron chi connectivity index (χ0n) is 16.7. The third kappa shape index (κ3) is 4.26. The van der Waals surface area contributed by atoms with Crippen molar-refractivity contribution in [3.8, 4) is 23.0 Å². The van der Waals surface area contributed by atoms with Crippen LogP contribution in [-0.2, 0) is 10.2 Å². The molecule has 1 heterocycles. The summed E-state index contributed by atoms with van der Waals surface area (Å²) in [6.07, 6.45) is 4.39. The number of rotatable bonds is 7. The molecule has 2 aromatic carbocycles. The number of para-hydroxylation sites is 2. The molecule has 154 valence electrons. The Morgan fingerprint density at radius 1 is 1.03 bits per heavy atom. The summed E-state index contributed by atoms with van der Waals surface area (Å²) in [5, 5.41) is 3.07. The Balaban J connectivity index is 1.40. The Kier molecular flexibility index (Phi) is 5.79. The van der Waals surface area contributed by atoms with Crippen LogP contribution in [0.2, 0.25) is 0 Å². The van der Waals surface area contributed by atoms with Gasteiger partial charge in [0.15, 0.2) is 29.6 Å². The summed E-state index contributed by atoms with van der Waals surface area (Å²) < 4.78 is 22.3. The van der Waals surface area contributed by atoms with E-state index in [1.807, 2.05) is 24.3 Å². The number of benzene rings is 2. The Hall–Kier alpha value is -2.89. The van der Waals surface area contributed by atoms with Crippen molar-refractivity contribution < 1.29 is 23.7 Å². The summed E-state index contributed by atoms with van der Waals surface area (Å²) in [6.45, 7) is 1.69. The van der Waals surface area contributed by atoms with Crippen molar-refractivity contribution in [2.45, 2.75) is 31.1 Å². The summed E-state index contributed by atoms with van der Waals surface area (Å²) in [6, 6.07) is 13.5. The third-order valence-electron chi connectivity index (χ3n) is 5.77. The molecule has 0 atom stereocenters. The summed E-state index contributed by atoms with van der Waals surface area (Å²) in [4.78, 5) is 12.5. The number of carbonyl (C=O) groups excluding carboxylic acids is 1. The molecule has 29 heavy (non-hydrogen) atoms. The number of fused-ring (bicyclic) bond motifs is 1. The predicted octanol–water partition coefficient (Wildman–Crippen LogP) is 3.47. The fraction of sp³-hybridized carbons (Fsp3) is 0.435. The van der Waals surface area contributed by atoms with Gasteiger partial charge in [0.1, 0.15) is 13.2 Å². The van der Waals surface area contributed by atoms with Crippen molar-refractivity contribution in [2.75, 3.05) is 33.5 Å². The number of hydrogen-bond donors (Lipinski definition) is 1. The predicted molar refractivity (Wildman–Crippen MR) is 109 cm³/mol. The number of methoxy groups -OCH3 is 1. The van der Waals surface area contributed by atoms with Gasteiger partial charge in [-0.05, 0) is 42.7 Å². The van der Waals surface area contributed by atoms with Gasteiger partial charge in [0.25, 0.3) is 5.91 Å². The Morgan fingerprint density at radius 3 is 2.52 bits per heavy atom. The number of ether oxygens (including phenoxy) is 4. The molecule has 1 N–H and O–H groups in total. The second-order valence-electron chi connectivity index (χ2n) is 7.56. The molecule has 6 heteroatoms. The zero-order chi connectivity index (χ0) is 20.1. The SMILES string of the molecule is COc1ccccc1OCC(=O)NCC1(c2ccc3c(c2)OCCO3)CCCC1. The van der Waals surface area contributed by atoms with E-state index in [1.54, 1.807) is 13.2 Å². The summed E-state index contributed by atoms with van der Waals surface area (Å²) >= 11 is 0. The van der Waals surface area contributed by atoms with Gasteiger partial charge in [-0.15, -0.1) is 0 Å². The highest BCUT2D eigenvalue weighted by Gasteiger charge is 2.36. The Morgan fingerprint density at radius 2 is 1.76 bits per heavy atom. The smallest absolute Gasteiger partial charge is 0.257 e. The van der Waals surface area contributed by atoms with Gasteiger partial charge in [-0.3, -0.25) is 4.79 Å². The molecule has 1 aliphatic heterocycles. The number of carbonyl (C=O) groups is 1. The lowest BCUT2D eigenvalue weighted by atomic mass is 9.78. The van der Waals surface area contributed by atoms with Gasteiger partial charge in [-0.2, -0.15) is 0 Å². The molecule has 6 nitrogen and oxygen atoms in total. The van der Waals surface area contributed by atoms with Crippen LogP contribution in [-0.4, -0.2) is 39.4 Å². The molecule has 0 spiro atoms. The molecule has 0 aromatic heterocycles. The maximum absolute atomic E-state index is 12.5. The lowest BCUT2D eigenvalue weighted by Crippen LogP contribution is -2.41. The van der Waals surface area contributed by atoms with Crippen LogP contribution in [0.25, 0.3) is 0 Å². The van der Waals surface area contributed by atoms with Crippen LogP contribution in [0.15, 0.2) is 42.5 Å². The maximum atomic E-state index is 12.5. The van der Waals surface area contributed by atoms with Gasteiger partial charge in [-0.25, -0.2) is 0 Å².